The third-order valence-corrected chi connectivity index (χ3v) is 5.22. The highest BCUT2D eigenvalue weighted by Crippen LogP contribution is 2.22. The summed E-state index contributed by atoms with van der Waals surface area (Å²) in [4.78, 5) is 0. The number of piperidine rings is 1. The van der Waals surface area contributed by atoms with Gasteiger partial charge in [-0.15, -0.1) is 0 Å². The Kier molecular flexibility index (Phi) is 4.31. The van der Waals surface area contributed by atoms with Crippen molar-refractivity contribution >= 4 is 9.84 Å². The molecule has 14 heavy (non-hydrogen) atoms. The molecule has 0 bridgehead atoms. The number of alkyl halides is 1. The van der Waals surface area contributed by atoms with Crippen LogP contribution in [0.4, 0.5) is 4.39 Å². The molecule has 0 spiro atoms. The van der Waals surface area contributed by atoms with Gasteiger partial charge in [-0.2, -0.15) is 0 Å². The Bertz CT molecular complexity index is 260. The van der Waals surface area contributed by atoms with E-state index in [1.54, 1.807) is 6.92 Å². The van der Waals surface area contributed by atoms with Gasteiger partial charge >= 0.3 is 0 Å². The molecule has 1 heterocycles. The molecule has 1 fully saturated rings. The third kappa shape index (κ3) is 2.92. The zero-order valence-corrected chi connectivity index (χ0v) is 9.32. The molecule has 0 amide bonds. The van der Waals surface area contributed by atoms with Gasteiger partial charge in [-0.1, -0.05) is 0 Å². The molecule has 1 rings (SSSR count). The maximum atomic E-state index is 12.0. The van der Waals surface area contributed by atoms with Crippen LogP contribution in [0.25, 0.3) is 0 Å². The minimum atomic E-state index is -3.21. The van der Waals surface area contributed by atoms with E-state index in [4.69, 9.17) is 0 Å². The van der Waals surface area contributed by atoms with Crippen LogP contribution in [-0.4, -0.2) is 39.2 Å². The van der Waals surface area contributed by atoms with Crippen molar-refractivity contribution in [1.82, 2.24) is 5.32 Å². The van der Waals surface area contributed by atoms with E-state index >= 15 is 0 Å². The quantitative estimate of drug-likeness (QED) is 0.765. The zero-order chi connectivity index (χ0) is 10.6. The molecule has 1 atom stereocenters. The summed E-state index contributed by atoms with van der Waals surface area (Å²) in [6, 6.07) is 0. The van der Waals surface area contributed by atoms with E-state index in [-0.39, 0.29) is 16.9 Å². The molecule has 1 saturated heterocycles. The van der Waals surface area contributed by atoms with Crippen LogP contribution in [0.3, 0.4) is 0 Å². The smallest absolute Gasteiger partial charge is 0.155 e. The van der Waals surface area contributed by atoms with E-state index in [1.807, 2.05) is 0 Å². The fourth-order valence-electron chi connectivity index (χ4n) is 1.90. The van der Waals surface area contributed by atoms with Crippen LogP contribution in [0.2, 0.25) is 0 Å². The fourth-order valence-corrected chi connectivity index (χ4v) is 3.35. The minimum absolute atomic E-state index is 0.202. The Hall–Kier alpha value is -0.160. The molecule has 0 aliphatic carbocycles. The first kappa shape index (κ1) is 11.9. The lowest BCUT2D eigenvalue weighted by atomic mass is 9.95. The highest BCUT2D eigenvalue weighted by atomic mass is 32.2. The third-order valence-electron chi connectivity index (χ3n) is 2.98. The van der Waals surface area contributed by atoms with Crippen molar-refractivity contribution in [3.63, 3.8) is 0 Å². The average molecular weight is 223 g/mol. The summed E-state index contributed by atoms with van der Waals surface area (Å²) in [5.74, 6) is -0.120. The molecule has 0 saturated carbocycles. The van der Waals surface area contributed by atoms with Crippen LogP contribution in [0.5, 0.6) is 0 Å². The molecule has 84 valence electrons. The Morgan fingerprint density at radius 1 is 1.43 bits per heavy atom. The maximum absolute atomic E-state index is 12.0. The molecule has 0 aromatic heterocycles. The predicted octanol–water partition coefficient (Wildman–Crippen LogP) is 0.759. The Labute approximate surface area is 85.0 Å². The number of hydrogen-bond acceptors (Lipinski definition) is 3. The van der Waals surface area contributed by atoms with Gasteiger partial charge in [0.1, 0.15) is 6.67 Å². The molecular weight excluding hydrogens is 205 g/mol. The van der Waals surface area contributed by atoms with Crippen LogP contribution < -0.4 is 5.32 Å². The average Bonchev–Trinajstić information content (AvgIpc) is 2.18. The highest BCUT2D eigenvalue weighted by molar-refractivity contribution is 7.92. The molecule has 1 unspecified atom stereocenters. The van der Waals surface area contributed by atoms with Crippen LogP contribution in [0, 0.1) is 5.92 Å². The lowest BCUT2D eigenvalue weighted by Gasteiger charge is -2.27. The Balaban J connectivity index is 2.58. The normalized spacial score (nSPS) is 22.1. The molecule has 0 aromatic carbocycles. The summed E-state index contributed by atoms with van der Waals surface area (Å²) in [5, 5.41) is 2.80. The van der Waals surface area contributed by atoms with Gasteiger partial charge in [0.05, 0.1) is 11.0 Å². The monoisotopic (exact) mass is 223 g/mol. The number of nitrogens with one attached hydrogen (secondary N) is 1. The number of sulfone groups is 1. The van der Waals surface area contributed by atoms with Crippen molar-refractivity contribution in [2.75, 3.05) is 25.5 Å². The first-order valence-corrected chi connectivity index (χ1v) is 6.77. The molecule has 1 N–H and O–H groups in total. The summed E-state index contributed by atoms with van der Waals surface area (Å²) in [6.07, 6.45) is 1.76. The zero-order valence-electron chi connectivity index (χ0n) is 8.50. The van der Waals surface area contributed by atoms with Crippen molar-refractivity contribution in [1.29, 1.82) is 0 Å². The molecule has 5 heteroatoms. The van der Waals surface area contributed by atoms with E-state index in [1.165, 1.54) is 0 Å². The van der Waals surface area contributed by atoms with Crippen LogP contribution >= 0.6 is 0 Å². The van der Waals surface area contributed by atoms with Gasteiger partial charge in [0.25, 0.3) is 0 Å². The van der Waals surface area contributed by atoms with Crippen molar-refractivity contribution < 1.29 is 12.8 Å². The van der Waals surface area contributed by atoms with E-state index in [0.717, 1.165) is 25.9 Å². The van der Waals surface area contributed by atoms with E-state index in [0.29, 0.717) is 0 Å². The van der Waals surface area contributed by atoms with Crippen LogP contribution in [0.15, 0.2) is 0 Å². The second kappa shape index (κ2) is 5.07. The van der Waals surface area contributed by atoms with Gasteiger partial charge in [-0.3, -0.25) is 0 Å². The summed E-state index contributed by atoms with van der Waals surface area (Å²) in [7, 11) is -3.21. The Morgan fingerprint density at radius 2 is 2.00 bits per heavy atom. The van der Waals surface area contributed by atoms with Crippen LogP contribution in [-0.2, 0) is 9.84 Å². The fraction of sp³-hybridized carbons (Fsp3) is 1.00. The first-order valence-electron chi connectivity index (χ1n) is 5.06. The predicted molar refractivity (Wildman–Crippen MR) is 54.8 cm³/mol. The molecule has 0 aromatic rings. The molecule has 3 nitrogen and oxygen atoms in total. The minimum Gasteiger partial charge on any atom is -0.317 e. The number of rotatable bonds is 4. The van der Waals surface area contributed by atoms with Crippen molar-refractivity contribution in [2.45, 2.75) is 25.0 Å². The van der Waals surface area contributed by atoms with E-state index in [2.05, 4.69) is 5.32 Å². The highest BCUT2D eigenvalue weighted by Gasteiger charge is 2.29. The Morgan fingerprint density at radius 3 is 2.50 bits per heavy atom. The lowest BCUT2D eigenvalue weighted by Crippen LogP contribution is -2.37. The van der Waals surface area contributed by atoms with Gasteiger partial charge in [-0.05, 0) is 38.8 Å². The summed E-state index contributed by atoms with van der Waals surface area (Å²) >= 11 is 0. The molecule has 1 aliphatic heterocycles. The number of halogens is 1. The maximum Gasteiger partial charge on any atom is 0.155 e. The SMILES string of the molecule is CC(C1CCNCC1)S(=O)(=O)CCF. The molecule has 1 aliphatic rings. The van der Waals surface area contributed by atoms with Gasteiger partial charge in [0, 0.05) is 0 Å². The van der Waals surface area contributed by atoms with Gasteiger partial charge in [-0.25, -0.2) is 12.8 Å². The first-order chi connectivity index (χ1) is 6.58. The van der Waals surface area contributed by atoms with Crippen LogP contribution in [0.1, 0.15) is 19.8 Å². The summed E-state index contributed by atoms with van der Waals surface area (Å²) in [5.41, 5.74) is 0. The van der Waals surface area contributed by atoms with Gasteiger partial charge < -0.3 is 5.32 Å². The van der Waals surface area contributed by atoms with Gasteiger partial charge in [0.2, 0.25) is 0 Å². The topological polar surface area (TPSA) is 46.2 Å². The second-order valence-corrected chi connectivity index (χ2v) is 6.33. The van der Waals surface area contributed by atoms with E-state index in [9.17, 15) is 12.8 Å². The molecule has 0 radical (unpaired) electrons. The number of hydrogen-bond donors (Lipinski definition) is 1. The molecular formula is C9H18FNO2S. The lowest BCUT2D eigenvalue weighted by molar-refractivity contribution is 0.362. The van der Waals surface area contributed by atoms with Gasteiger partial charge in [0.15, 0.2) is 9.84 Å². The van der Waals surface area contributed by atoms with Crippen molar-refractivity contribution in [2.24, 2.45) is 5.92 Å². The summed E-state index contributed by atoms with van der Waals surface area (Å²) in [6.45, 7) is 2.69. The van der Waals surface area contributed by atoms with E-state index < -0.39 is 16.5 Å². The largest absolute Gasteiger partial charge is 0.317 e. The van der Waals surface area contributed by atoms with Crippen molar-refractivity contribution in [3.05, 3.63) is 0 Å². The van der Waals surface area contributed by atoms with Crippen molar-refractivity contribution in [3.8, 4) is 0 Å². The standard InChI is InChI=1S/C9H18FNO2S/c1-8(14(12,13)7-4-10)9-2-5-11-6-3-9/h8-9,11H,2-7H2,1H3. The second-order valence-electron chi connectivity index (χ2n) is 3.85. The summed E-state index contributed by atoms with van der Waals surface area (Å²) < 4.78 is 35.2.